The highest BCUT2D eigenvalue weighted by molar-refractivity contribution is 9.10. The van der Waals surface area contributed by atoms with Gasteiger partial charge in [0.25, 0.3) is 0 Å². The second-order valence-corrected chi connectivity index (χ2v) is 3.17. The molecule has 66 valence electrons. The first-order chi connectivity index (χ1) is 5.77. The van der Waals surface area contributed by atoms with Crippen LogP contribution in [0.5, 0.6) is 0 Å². The molecule has 0 aromatic carbocycles. The minimum Gasteiger partial charge on any atom is -0.453 e. The van der Waals surface area contributed by atoms with E-state index in [-0.39, 0.29) is 6.04 Å². The number of hydrogen-bond acceptors (Lipinski definition) is 3. The van der Waals surface area contributed by atoms with Gasteiger partial charge in [-0.2, -0.15) is 0 Å². The lowest BCUT2D eigenvalue weighted by Crippen LogP contribution is -2.27. The molecule has 1 aromatic heterocycles. The third-order valence-electron chi connectivity index (χ3n) is 1.54. The SMILES string of the molecule is C=CCC(NN)c1ccc(Br)o1. The van der Waals surface area contributed by atoms with Gasteiger partial charge >= 0.3 is 0 Å². The van der Waals surface area contributed by atoms with Gasteiger partial charge in [0.05, 0.1) is 6.04 Å². The lowest BCUT2D eigenvalue weighted by atomic mass is 10.2. The molecule has 0 radical (unpaired) electrons. The van der Waals surface area contributed by atoms with E-state index in [1.165, 1.54) is 0 Å². The Bertz CT molecular complexity index is 259. The van der Waals surface area contributed by atoms with Gasteiger partial charge in [-0.3, -0.25) is 5.84 Å². The quantitative estimate of drug-likeness (QED) is 0.474. The summed E-state index contributed by atoms with van der Waals surface area (Å²) in [5.74, 6) is 6.14. The van der Waals surface area contributed by atoms with Crippen molar-refractivity contribution in [2.24, 2.45) is 5.84 Å². The first-order valence-electron chi connectivity index (χ1n) is 3.60. The zero-order valence-electron chi connectivity index (χ0n) is 6.59. The molecule has 0 bridgehead atoms. The van der Waals surface area contributed by atoms with Crippen LogP contribution in [0, 0.1) is 0 Å². The van der Waals surface area contributed by atoms with Crippen LogP contribution >= 0.6 is 15.9 Å². The Morgan fingerprint density at radius 3 is 2.92 bits per heavy atom. The van der Waals surface area contributed by atoms with Gasteiger partial charge in [0.15, 0.2) is 4.67 Å². The summed E-state index contributed by atoms with van der Waals surface area (Å²) in [5.41, 5.74) is 2.65. The number of hydrazine groups is 1. The van der Waals surface area contributed by atoms with Gasteiger partial charge in [0.2, 0.25) is 0 Å². The summed E-state index contributed by atoms with van der Waals surface area (Å²) in [7, 11) is 0. The molecule has 3 N–H and O–H groups in total. The van der Waals surface area contributed by atoms with Crippen molar-refractivity contribution in [2.45, 2.75) is 12.5 Å². The molecule has 0 amide bonds. The fourth-order valence-corrected chi connectivity index (χ4v) is 1.27. The molecule has 0 fully saturated rings. The van der Waals surface area contributed by atoms with Gasteiger partial charge in [0.1, 0.15) is 5.76 Å². The first kappa shape index (κ1) is 9.51. The second kappa shape index (κ2) is 4.45. The van der Waals surface area contributed by atoms with E-state index in [2.05, 4.69) is 27.9 Å². The monoisotopic (exact) mass is 230 g/mol. The third-order valence-corrected chi connectivity index (χ3v) is 1.97. The summed E-state index contributed by atoms with van der Waals surface area (Å²) in [6.45, 7) is 3.63. The Balaban J connectivity index is 2.72. The van der Waals surface area contributed by atoms with Crippen molar-refractivity contribution >= 4 is 15.9 Å². The average molecular weight is 231 g/mol. The Hall–Kier alpha value is -0.580. The van der Waals surface area contributed by atoms with Crippen LogP contribution in [0.25, 0.3) is 0 Å². The number of rotatable bonds is 4. The van der Waals surface area contributed by atoms with Crippen molar-refractivity contribution in [2.75, 3.05) is 0 Å². The van der Waals surface area contributed by atoms with E-state index < -0.39 is 0 Å². The van der Waals surface area contributed by atoms with Crippen molar-refractivity contribution in [3.8, 4) is 0 Å². The van der Waals surface area contributed by atoms with Crippen LogP contribution in [0.2, 0.25) is 0 Å². The molecular formula is C8H11BrN2O. The molecule has 1 rings (SSSR count). The lowest BCUT2D eigenvalue weighted by molar-refractivity contribution is 0.408. The van der Waals surface area contributed by atoms with Gasteiger partial charge in [-0.25, -0.2) is 5.43 Å². The fraction of sp³-hybridized carbons (Fsp3) is 0.250. The Morgan fingerprint density at radius 1 is 1.75 bits per heavy atom. The molecule has 0 saturated carbocycles. The van der Waals surface area contributed by atoms with Crippen molar-refractivity contribution in [1.82, 2.24) is 5.43 Å². The zero-order valence-corrected chi connectivity index (χ0v) is 8.17. The maximum Gasteiger partial charge on any atom is 0.169 e. The van der Waals surface area contributed by atoms with Crippen LogP contribution in [0.4, 0.5) is 0 Å². The molecule has 0 spiro atoms. The molecule has 1 heterocycles. The van der Waals surface area contributed by atoms with Gasteiger partial charge in [-0.15, -0.1) is 6.58 Å². The van der Waals surface area contributed by atoms with Crippen LogP contribution in [0.1, 0.15) is 18.2 Å². The van der Waals surface area contributed by atoms with Crippen LogP contribution in [-0.2, 0) is 0 Å². The number of furan rings is 1. The lowest BCUT2D eigenvalue weighted by Gasteiger charge is -2.09. The molecule has 0 aliphatic heterocycles. The number of halogens is 1. The normalized spacial score (nSPS) is 12.8. The van der Waals surface area contributed by atoms with E-state index in [9.17, 15) is 0 Å². The van der Waals surface area contributed by atoms with E-state index in [0.717, 1.165) is 12.2 Å². The number of nitrogens with one attached hydrogen (secondary N) is 1. The molecule has 0 saturated heterocycles. The fourth-order valence-electron chi connectivity index (χ4n) is 0.949. The maximum absolute atomic E-state index is 5.33. The van der Waals surface area contributed by atoms with Crippen LogP contribution in [-0.4, -0.2) is 0 Å². The standard InChI is InChI=1S/C8H11BrN2O/c1-2-3-6(11-10)7-4-5-8(9)12-7/h2,4-6,11H,1,3,10H2. The van der Waals surface area contributed by atoms with Gasteiger partial charge in [-0.05, 0) is 34.5 Å². The maximum atomic E-state index is 5.33. The summed E-state index contributed by atoms with van der Waals surface area (Å²) in [4.78, 5) is 0. The van der Waals surface area contributed by atoms with Gasteiger partial charge < -0.3 is 4.42 Å². The highest BCUT2D eigenvalue weighted by atomic mass is 79.9. The highest BCUT2D eigenvalue weighted by Gasteiger charge is 2.11. The summed E-state index contributed by atoms with van der Waals surface area (Å²) in [5, 5.41) is 0. The second-order valence-electron chi connectivity index (χ2n) is 2.39. The van der Waals surface area contributed by atoms with Crippen LogP contribution < -0.4 is 11.3 Å². The van der Waals surface area contributed by atoms with E-state index in [0.29, 0.717) is 4.67 Å². The third kappa shape index (κ3) is 2.20. The van der Waals surface area contributed by atoms with Gasteiger partial charge in [-0.1, -0.05) is 6.08 Å². The number of hydrogen-bond donors (Lipinski definition) is 2. The van der Waals surface area contributed by atoms with E-state index in [1.54, 1.807) is 6.08 Å². The van der Waals surface area contributed by atoms with Crippen molar-refractivity contribution in [3.63, 3.8) is 0 Å². The summed E-state index contributed by atoms with van der Waals surface area (Å²) >= 11 is 3.22. The van der Waals surface area contributed by atoms with Gasteiger partial charge in [0, 0.05) is 0 Å². The zero-order chi connectivity index (χ0) is 8.97. The Kier molecular flexibility index (Phi) is 3.52. The Labute approximate surface area is 79.7 Å². The topological polar surface area (TPSA) is 51.2 Å². The molecule has 3 nitrogen and oxygen atoms in total. The summed E-state index contributed by atoms with van der Waals surface area (Å²) in [6, 6.07) is 3.72. The predicted octanol–water partition coefficient (Wildman–Crippen LogP) is 2.12. The molecule has 0 aliphatic rings. The average Bonchev–Trinajstić information content (AvgIpc) is 2.47. The minimum atomic E-state index is 0.00815. The largest absolute Gasteiger partial charge is 0.453 e. The predicted molar refractivity (Wildman–Crippen MR) is 51.3 cm³/mol. The molecule has 0 aliphatic carbocycles. The molecule has 1 atom stereocenters. The van der Waals surface area contributed by atoms with Crippen molar-refractivity contribution in [3.05, 3.63) is 35.2 Å². The smallest absolute Gasteiger partial charge is 0.169 e. The molecule has 12 heavy (non-hydrogen) atoms. The first-order valence-corrected chi connectivity index (χ1v) is 4.39. The van der Waals surface area contributed by atoms with E-state index in [4.69, 9.17) is 10.3 Å². The van der Waals surface area contributed by atoms with E-state index in [1.807, 2.05) is 12.1 Å². The summed E-state index contributed by atoms with van der Waals surface area (Å²) < 4.78 is 6.03. The molecular weight excluding hydrogens is 220 g/mol. The van der Waals surface area contributed by atoms with E-state index >= 15 is 0 Å². The highest BCUT2D eigenvalue weighted by Crippen LogP contribution is 2.22. The molecule has 1 aromatic rings. The minimum absolute atomic E-state index is 0.00815. The van der Waals surface area contributed by atoms with Crippen LogP contribution in [0.15, 0.2) is 33.9 Å². The Morgan fingerprint density at radius 2 is 2.50 bits per heavy atom. The van der Waals surface area contributed by atoms with Crippen molar-refractivity contribution in [1.29, 1.82) is 0 Å². The van der Waals surface area contributed by atoms with Crippen LogP contribution in [0.3, 0.4) is 0 Å². The number of nitrogens with two attached hydrogens (primary N) is 1. The summed E-state index contributed by atoms with van der Waals surface area (Å²) in [6.07, 6.45) is 2.54. The molecule has 4 heteroatoms. The molecule has 1 unspecified atom stereocenters. The van der Waals surface area contributed by atoms with Crippen molar-refractivity contribution < 1.29 is 4.42 Å².